The molecule has 2 aromatic heterocycles. The summed E-state index contributed by atoms with van der Waals surface area (Å²) in [4.78, 5) is 20.4. The molecule has 156 valence electrons. The third-order valence-electron chi connectivity index (χ3n) is 4.45. The van der Waals surface area contributed by atoms with E-state index in [4.69, 9.17) is 9.47 Å². The number of hydrazine groups is 1. The highest BCUT2D eigenvalue weighted by molar-refractivity contribution is 5.94. The maximum atomic E-state index is 12.6. The van der Waals surface area contributed by atoms with Gasteiger partial charge in [-0.05, 0) is 30.3 Å². The predicted octanol–water partition coefficient (Wildman–Crippen LogP) is 3.42. The predicted molar refractivity (Wildman–Crippen MR) is 101 cm³/mol. The average molecular weight is 418 g/mol. The minimum Gasteiger partial charge on any atom is -0.439 e. The van der Waals surface area contributed by atoms with Crippen molar-refractivity contribution in [2.45, 2.75) is 6.18 Å². The van der Waals surface area contributed by atoms with Crippen LogP contribution in [-0.4, -0.2) is 47.2 Å². The van der Waals surface area contributed by atoms with Gasteiger partial charge in [0.05, 0.1) is 24.3 Å². The van der Waals surface area contributed by atoms with E-state index in [0.717, 1.165) is 18.3 Å². The molecule has 1 aliphatic rings. The molecule has 0 unspecified atom stereocenters. The SMILES string of the molecule is O=C(NN1CCOCC1)c1ccc2cc(Oc3ccc(C(F)(F)F)cn3)ccc2n1. The van der Waals surface area contributed by atoms with E-state index in [1.807, 2.05) is 0 Å². The Bertz CT molecular complexity index is 1050. The maximum absolute atomic E-state index is 12.6. The Morgan fingerprint density at radius 1 is 1.10 bits per heavy atom. The molecule has 0 spiro atoms. The standard InChI is InChI=1S/C20H17F3N4O3/c21-20(22,23)14-2-6-18(24-12-14)30-15-3-5-16-13(11-15)1-4-17(25-16)19(28)26-27-7-9-29-10-8-27/h1-6,11-12H,7-10H2,(H,26,28). The van der Waals surface area contributed by atoms with Crippen molar-refractivity contribution >= 4 is 16.8 Å². The number of halogens is 3. The van der Waals surface area contributed by atoms with Crippen molar-refractivity contribution in [2.24, 2.45) is 0 Å². The summed E-state index contributed by atoms with van der Waals surface area (Å²) in [5.41, 5.74) is 2.80. The Kier molecular flexibility index (Phi) is 5.51. The van der Waals surface area contributed by atoms with Crippen molar-refractivity contribution in [3.05, 3.63) is 59.9 Å². The summed E-state index contributed by atoms with van der Waals surface area (Å²) in [5, 5.41) is 2.49. The number of carbonyl (C=O) groups is 1. The summed E-state index contributed by atoms with van der Waals surface area (Å²) >= 11 is 0. The molecule has 4 rings (SSSR count). The van der Waals surface area contributed by atoms with Crippen LogP contribution >= 0.6 is 0 Å². The highest BCUT2D eigenvalue weighted by Crippen LogP contribution is 2.30. The summed E-state index contributed by atoms with van der Waals surface area (Å²) in [7, 11) is 0. The zero-order chi connectivity index (χ0) is 21.1. The third-order valence-corrected chi connectivity index (χ3v) is 4.45. The molecule has 1 aliphatic heterocycles. The molecule has 1 saturated heterocycles. The van der Waals surface area contributed by atoms with Gasteiger partial charge in [-0.2, -0.15) is 13.2 Å². The summed E-state index contributed by atoms with van der Waals surface area (Å²) in [5.74, 6) is 0.118. The second-order valence-electron chi connectivity index (χ2n) is 6.58. The highest BCUT2D eigenvalue weighted by Gasteiger charge is 2.30. The summed E-state index contributed by atoms with van der Waals surface area (Å²) in [6.45, 7) is 2.33. The van der Waals surface area contributed by atoms with Gasteiger partial charge in [-0.3, -0.25) is 10.2 Å². The molecule has 1 aromatic carbocycles. The lowest BCUT2D eigenvalue weighted by molar-refractivity contribution is -0.137. The number of hydrogen-bond donors (Lipinski definition) is 1. The van der Waals surface area contributed by atoms with Crippen molar-refractivity contribution < 1.29 is 27.4 Å². The maximum Gasteiger partial charge on any atom is 0.417 e. The fourth-order valence-corrected chi connectivity index (χ4v) is 2.90. The lowest BCUT2D eigenvalue weighted by Crippen LogP contribution is -2.48. The lowest BCUT2D eigenvalue weighted by Gasteiger charge is -2.26. The normalized spacial score (nSPS) is 15.2. The van der Waals surface area contributed by atoms with E-state index >= 15 is 0 Å². The quantitative estimate of drug-likeness (QED) is 0.700. The van der Waals surface area contributed by atoms with Crippen LogP contribution in [0.25, 0.3) is 10.9 Å². The van der Waals surface area contributed by atoms with E-state index in [0.29, 0.717) is 43.0 Å². The minimum absolute atomic E-state index is 0.0387. The Balaban J connectivity index is 1.47. The molecule has 30 heavy (non-hydrogen) atoms. The number of nitrogens with one attached hydrogen (secondary N) is 1. The Morgan fingerprint density at radius 3 is 2.60 bits per heavy atom. The van der Waals surface area contributed by atoms with Crippen molar-refractivity contribution in [3.63, 3.8) is 0 Å². The zero-order valence-corrected chi connectivity index (χ0v) is 15.6. The molecule has 0 saturated carbocycles. The molecule has 10 heteroatoms. The van der Waals surface area contributed by atoms with Gasteiger partial charge in [-0.1, -0.05) is 6.07 Å². The average Bonchev–Trinajstić information content (AvgIpc) is 2.74. The van der Waals surface area contributed by atoms with E-state index in [1.165, 1.54) is 0 Å². The smallest absolute Gasteiger partial charge is 0.417 e. The number of hydrogen-bond acceptors (Lipinski definition) is 6. The summed E-state index contributed by atoms with van der Waals surface area (Å²) in [6.07, 6.45) is -3.73. The molecule has 3 heterocycles. The molecule has 1 fully saturated rings. The monoisotopic (exact) mass is 418 g/mol. The second kappa shape index (κ2) is 8.25. The molecule has 3 aromatic rings. The Morgan fingerprint density at radius 2 is 1.90 bits per heavy atom. The van der Waals surface area contributed by atoms with Crippen LogP contribution in [0, 0.1) is 0 Å². The van der Waals surface area contributed by atoms with E-state index in [-0.39, 0.29) is 17.5 Å². The Labute approximate surface area is 169 Å². The van der Waals surface area contributed by atoms with Crippen molar-refractivity contribution in [2.75, 3.05) is 26.3 Å². The van der Waals surface area contributed by atoms with Crippen LogP contribution in [0.4, 0.5) is 13.2 Å². The Hall–Kier alpha value is -3.24. The van der Waals surface area contributed by atoms with Gasteiger partial charge < -0.3 is 9.47 Å². The van der Waals surface area contributed by atoms with E-state index in [9.17, 15) is 18.0 Å². The fraction of sp³-hybridized carbons (Fsp3) is 0.250. The number of amides is 1. The number of alkyl halides is 3. The van der Waals surface area contributed by atoms with Gasteiger partial charge in [0.2, 0.25) is 5.88 Å². The van der Waals surface area contributed by atoms with Crippen LogP contribution in [-0.2, 0) is 10.9 Å². The fourth-order valence-electron chi connectivity index (χ4n) is 2.90. The largest absolute Gasteiger partial charge is 0.439 e. The van der Waals surface area contributed by atoms with E-state index in [1.54, 1.807) is 35.3 Å². The van der Waals surface area contributed by atoms with E-state index in [2.05, 4.69) is 15.4 Å². The molecule has 0 bridgehead atoms. The number of fused-ring (bicyclic) bond motifs is 1. The molecule has 0 atom stereocenters. The first-order chi connectivity index (χ1) is 14.4. The summed E-state index contributed by atoms with van der Waals surface area (Å²) in [6, 6.07) is 10.3. The van der Waals surface area contributed by atoms with Crippen LogP contribution < -0.4 is 10.2 Å². The minimum atomic E-state index is -4.45. The molecule has 7 nitrogen and oxygen atoms in total. The zero-order valence-electron chi connectivity index (χ0n) is 15.6. The molecular formula is C20H17F3N4O3. The van der Waals surface area contributed by atoms with Crippen LogP contribution in [0.5, 0.6) is 11.6 Å². The number of nitrogens with zero attached hydrogens (tertiary/aromatic N) is 3. The number of pyridine rings is 2. The van der Waals surface area contributed by atoms with Crippen molar-refractivity contribution in [1.82, 2.24) is 20.4 Å². The van der Waals surface area contributed by atoms with E-state index < -0.39 is 11.7 Å². The van der Waals surface area contributed by atoms with Crippen LogP contribution in [0.15, 0.2) is 48.7 Å². The number of aromatic nitrogens is 2. The highest BCUT2D eigenvalue weighted by atomic mass is 19.4. The first-order valence-electron chi connectivity index (χ1n) is 9.14. The van der Waals surface area contributed by atoms with Crippen LogP contribution in [0.1, 0.15) is 16.1 Å². The van der Waals surface area contributed by atoms with Gasteiger partial charge in [-0.25, -0.2) is 15.0 Å². The first kappa shape index (κ1) is 20.0. The van der Waals surface area contributed by atoms with Gasteiger partial charge in [-0.15, -0.1) is 0 Å². The molecule has 1 amide bonds. The first-order valence-corrected chi connectivity index (χ1v) is 9.14. The summed E-state index contributed by atoms with van der Waals surface area (Å²) < 4.78 is 48.6. The number of morpholine rings is 1. The van der Waals surface area contributed by atoms with Crippen LogP contribution in [0.3, 0.4) is 0 Å². The van der Waals surface area contributed by atoms with Gasteiger partial charge in [0.15, 0.2) is 0 Å². The van der Waals surface area contributed by atoms with Crippen molar-refractivity contribution in [3.8, 4) is 11.6 Å². The number of rotatable bonds is 4. The molecule has 1 N–H and O–H groups in total. The van der Waals surface area contributed by atoms with Crippen molar-refractivity contribution in [1.29, 1.82) is 0 Å². The lowest BCUT2D eigenvalue weighted by atomic mass is 10.2. The van der Waals surface area contributed by atoms with Gasteiger partial charge in [0.25, 0.3) is 5.91 Å². The second-order valence-corrected chi connectivity index (χ2v) is 6.58. The third kappa shape index (κ3) is 4.66. The van der Waals surface area contributed by atoms with Gasteiger partial charge in [0.1, 0.15) is 11.4 Å². The topological polar surface area (TPSA) is 76.6 Å². The number of carbonyl (C=O) groups excluding carboxylic acids is 1. The number of benzene rings is 1. The molecule has 0 aliphatic carbocycles. The molecule has 0 radical (unpaired) electrons. The molecular weight excluding hydrogens is 401 g/mol. The number of ether oxygens (including phenoxy) is 2. The van der Waals surface area contributed by atoms with Gasteiger partial charge in [0, 0.05) is 30.7 Å². The van der Waals surface area contributed by atoms with Gasteiger partial charge >= 0.3 is 6.18 Å². The van der Waals surface area contributed by atoms with Crippen LogP contribution in [0.2, 0.25) is 0 Å².